The number of hydrogen-bond donors (Lipinski definition) is 0. The number of aromatic nitrogens is 1. The second kappa shape index (κ2) is 11.1. The third kappa shape index (κ3) is 5.11. The molecule has 0 saturated heterocycles. The average Bonchev–Trinajstić information content (AvgIpc) is 2.98. The summed E-state index contributed by atoms with van der Waals surface area (Å²) in [5, 5.41) is 0. The molecular formula is C34H36N2O2. The van der Waals surface area contributed by atoms with E-state index >= 15 is 0 Å². The van der Waals surface area contributed by atoms with Gasteiger partial charge in [-0.2, -0.15) is 0 Å². The molecule has 0 N–H and O–H groups in total. The van der Waals surface area contributed by atoms with Gasteiger partial charge < -0.3 is 9.47 Å². The van der Waals surface area contributed by atoms with Gasteiger partial charge in [-0.3, -0.25) is 9.88 Å². The van der Waals surface area contributed by atoms with Crippen LogP contribution in [0.15, 0.2) is 78.9 Å². The lowest BCUT2D eigenvalue weighted by atomic mass is 9.86. The van der Waals surface area contributed by atoms with Crippen molar-refractivity contribution in [2.24, 2.45) is 0 Å². The monoisotopic (exact) mass is 504 g/mol. The van der Waals surface area contributed by atoms with Crippen LogP contribution in [0.2, 0.25) is 0 Å². The molecule has 1 aromatic heterocycles. The van der Waals surface area contributed by atoms with Crippen LogP contribution in [0.25, 0.3) is 11.3 Å². The van der Waals surface area contributed by atoms with Gasteiger partial charge in [0.05, 0.1) is 25.5 Å². The summed E-state index contributed by atoms with van der Waals surface area (Å²) >= 11 is 0. The van der Waals surface area contributed by atoms with Gasteiger partial charge in [0.1, 0.15) is 5.75 Å². The minimum Gasteiger partial charge on any atom is -0.497 e. The van der Waals surface area contributed by atoms with Crippen LogP contribution in [0.3, 0.4) is 0 Å². The largest absolute Gasteiger partial charge is 0.497 e. The van der Waals surface area contributed by atoms with Gasteiger partial charge in [0.15, 0.2) is 0 Å². The Bertz CT molecular complexity index is 1400. The van der Waals surface area contributed by atoms with Crippen molar-refractivity contribution in [3.05, 3.63) is 118 Å². The van der Waals surface area contributed by atoms with Crippen molar-refractivity contribution in [2.45, 2.75) is 51.9 Å². The maximum Gasteiger partial charge on any atom is 0.118 e. The van der Waals surface area contributed by atoms with Gasteiger partial charge in [-0.1, -0.05) is 66.7 Å². The molecule has 0 fully saturated rings. The Kier molecular flexibility index (Phi) is 7.26. The normalized spacial score (nSPS) is 17.1. The van der Waals surface area contributed by atoms with E-state index in [9.17, 15) is 0 Å². The van der Waals surface area contributed by atoms with Gasteiger partial charge >= 0.3 is 0 Å². The summed E-state index contributed by atoms with van der Waals surface area (Å²) in [5.41, 5.74) is 11.7. The first-order valence-corrected chi connectivity index (χ1v) is 13.8. The smallest absolute Gasteiger partial charge is 0.118 e. The molecule has 38 heavy (non-hydrogen) atoms. The van der Waals surface area contributed by atoms with Gasteiger partial charge in [0.25, 0.3) is 0 Å². The van der Waals surface area contributed by atoms with Crippen LogP contribution in [0.5, 0.6) is 5.75 Å². The summed E-state index contributed by atoms with van der Waals surface area (Å²) in [4.78, 5) is 7.97. The average molecular weight is 505 g/mol. The SMILES string of the molecule is COc1ccc(CCCN2CCc3nc(-c4ccccc4C)c4c(c3C2)CO[C@@H](c2ccccc2)C4)cc1. The predicted molar refractivity (Wildman–Crippen MR) is 152 cm³/mol. The van der Waals surface area contributed by atoms with E-state index in [2.05, 4.69) is 90.7 Å². The second-order valence-electron chi connectivity index (χ2n) is 10.5. The Morgan fingerprint density at radius 3 is 2.50 bits per heavy atom. The summed E-state index contributed by atoms with van der Waals surface area (Å²) in [6, 6.07) is 27.8. The molecule has 0 spiro atoms. The van der Waals surface area contributed by atoms with Crippen molar-refractivity contribution in [1.82, 2.24) is 9.88 Å². The number of fused-ring (bicyclic) bond motifs is 3. The van der Waals surface area contributed by atoms with Crippen LogP contribution in [0.1, 0.15) is 51.6 Å². The fourth-order valence-electron chi connectivity index (χ4n) is 5.98. The number of methoxy groups -OCH3 is 1. The van der Waals surface area contributed by atoms with Crippen molar-refractivity contribution in [3.8, 4) is 17.0 Å². The van der Waals surface area contributed by atoms with E-state index in [-0.39, 0.29) is 6.10 Å². The first-order chi connectivity index (χ1) is 18.7. The van der Waals surface area contributed by atoms with E-state index in [1.165, 1.54) is 44.6 Å². The van der Waals surface area contributed by atoms with Crippen molar-refractivity contribution in [2.75, 3.05) is 20.2 Å². The highest BCUT2D eigenvalue weighted by Gasteiger charge is 2.31. The summed E-state index contributed by atoms with van der Waals surface area (Å²) in [5.74, 6) is 0.917. The van der Waals surface area contributed by atoms with Crippen LogP contribution in [-0.4, -0.2) is 30.1 Å². The van der Waals surface area contributed by atoms with Gasteiger partial charge in [-0.15, -0.1) is 0 Å². The Labute approximate surface area is 226 Å². The highest BCUT2D eigenvalue weighted by molar-refractivity contribution is 5.70. The van der Waals surface area contributed by atoms with E-state index in [0.29, 0.717) is 6.61 Å². The molecule has 6 rings (SSSR count). The second-order valence-corrected chi connectivity index (χ2v) is 10.5. The number of ether oxygens (including phenoxy) is 2. The Morgan fingerprint density at radius 2 is 1.71 bits per heavy atom. The van der Waals surface area contributed by atoms with Crippen LogP contribution in [0, 0.1) is 6.92 Å². The number of aryl methyl sites for hydroxylation is 2. The number of hydrogen-bond acceptors (Lipinski definition) is 4. The molecule has 4 nitrogen and oxygen atoms in total. The van der Waals surface area contributed by atoms with Crippen LogP contribution >= 0.6 is 0 Å². The van der Waals surface area contributed by atoms with Crippen molar-refractivity contribution in [3.63, 3.8) is 0 Å². The van der Waals surface area contributed by atoms with Crippen molar-refractivity contribution in [1.29, 1.82) is 0 Å². The summed E-state index contributed by atoms with van der Waals surface area (Å²) in [7, 11) is 1.72. The maximum atomic E-state index is 6.51. The zero-order valence-corrected chi connectivity index (χ0v) is 22.5. The van der Waals surface area contributed by atoms with Gasteiger partial charge in [-0.05, 0) is 71.8 Å². The Morgan fingerprint density at radius 1 is 0.921 bits per heavy atom. The lowest BCUT2D eigenvalue weighted by Gasteiger charge is -2.35. The zero-order chi connectivity index (χ0) is 25.9. The van der Waals surface area contributed by atoms with Crippen molar-refractivity contribution < 1.29 is 9.47 Å². The third-order valence-electron chi connectivity index (χ3n) is 8.14. The molecule has 0 bridgehead atoms. The molecule has 1 atom stereocenters. The van der Waals surface area contributed by atoms with Crippen LogP contribution in [0.4, 0.5) is 0 Å². The first-order valence-electron chi connectivity index (χ1n) is 13.8. The highest BCUT2D eigenvalue weighted by atomic mass is 16.5. The molecule has 3 aromatic carbocycles. The summed E-state index contributed by atoms with van der Waals surface area (Å²) in [6.07, 6.45) is 4.14. The summed E-state index contributed by atoms with van der Waals surface area (Å²) < 4.78 is 11.8. The fraction of sp³-hybridized carbons (Fsp3) is 0.324. The van der Waals surface area contributed by atoms with E-state index in [0.717, 1.165) is 56.8 Å². The highest BCUT2D eigenvalue weighted by Crippen LogP contribution is 2.40. The number of nitrogens with zero attached hydrogens (tertiary/aromatic N) is 2. The van der Waals surface area contributed by atoms with E-state index in [4.69, 9.17) is 14.5 Å². The summed E-state index contributed by atoms with van der Waals surface area (Å²) in [6.45, 7) is 5.95. The molecule has 0 amide bonds. The number of benzene rings is 3. The standard InChI is InChI=1S/C34H36N2O2/c1-24-9-6-7-13-28(24)34-29-21-33(26-11-4-3-5-12-26)38-23-31(29)30-22-36(20-18-32(30)35-34)19-8-10-25-14-16-27(37-2)17-15-25/h3-7,9,11-17,33H,8,10,18-23H2,1-2H3/t33-/m1/s1. The molecule has 2 aliphatic heterocycles. The quantitative estimate of drug-likeness (QED) is 0.275. The van der Waals surface area contributed by atoms with Crippen molar-refractivity contribution >= 4 is 0 Å². The Hall–Kier alpha value is -3.47. The maximum absolute atomic E-state index is 6.51. The molecule has 194 valence electrons. The van der Waals surface area contributed by atoms with Gasteiger partial charge in [0.2, 0.25) is 0 Å². The molecule has 0 saturated carbocycles. The first kappa shape index (κ1) is 24.8. The number of rotatable bonds is 7. The van der Waals surface area contributed by atoms with Crippen LogP contribution < -0.4 is 4.74 Å². The molecule has 3 heterocycles. The fourth-order valence-corrected chi connectivity index (χ4v) is 5.98. The Balaban J connectivity index is 1.26. The topological polar surface area (TPSA) is 34.6 Å². The molecule has 0 radical (unpaired) electrons. The minimum atomic E-state index is 0.0653. The molecular weight excluding hydrogens is 468 g/mol. The molecule has 4 heteroatoms. The predicted octanol–water partition coefficient (Wildman–Crippen LogP) is 6.87. The van der Waals surface area contributed by atoms with Crippen LogP contribution in [-0.2, 0) is 37.2 Å². The third-order valence-corrected chi connectivity index (χ3v) is 8.14. The minimum absolute atomic E-state index is 0.0653. The van der Waals surface area contributed by atoms with E-state index in [1.54, 1.807) is 7.11 Å². The molecule has 0 aliphatic carbocycles. The number of pyridine rings is 1. The van der Waals surface area contributed by atoms with E-state index in [1.807, 2.05) is 0 Å². The van der Waals surface area contributed by atoms with Gasteiger partial charge in [-0.25, -0.2) is 0 Å². The lowest BCUT2D eigenvalue weighted by molar-refractivity contribution is 0.0262. The molecule has 0 unspecified atom stereocenters. The lowest BCUT2D eigenvalue weighted by Crippen LogP contribution is -2.34. The molecule has 4 aromatic rings. The molecule has 2 aliphatic rings. The van der Waals surface area contributed by atoms with Gasteiger partial charge in [0, 0.05) is 37.2 Å². The van der Waals surface area contributed by atoms with E-state index < -0.39 is 0 Å². The zero-order valence-electron chi connectivity index (χ0n) is 22.5.